The molecule has 0 bridgehead atoms. The van der Waals surface area contributed by atoms with Gasteiger partial charge < -0.3 is 5.32 Å². The van der Waals surface area contributed by atoms with Gasteiger partial charge in [-0.1, -0.05) is 11.5 Å². The first kappa shape index (κ1) is 9.77. The molecule has 1 aromatic rings. The molecule has 2 nitrogen and oxygen atoms in total. The van der Waals surface area contributed by atoms with E-state index in [0.29, 0.717) is 11.2 Å². The van der Waals surface area contributed by atoms with Gasteiger partial charge in [-0.15, -0.1) is 0 Å². The predicted molar refractivity (Wildman–Crippen MR) is 53.6 cm³/mol. The van der Waals surface area contributed by atoms with Crippen LogP contribution in [-0.2, 0) is 4.79 Å². The minimum atomic E-state index is -0.297. The second-order valence-electron chi connectivity index (χ2n) is 3.10. The summed E-state index contributed by atoms with van der Waals surface area (Å²) < 4.78 is 13.1. The van der Waals surface area contributed by atoms with Gasteiger partial charge in [0, 0.05) is 12.6 Å². The molecule has 0 saturated heterocycles. The molecule has 0 aliphatic rings. The molecule has 0 unspecified atom stereocenters. The molecule has 0 aromatic heterocycles. The van der Waals surface area contributed by atoms with Crippen molar-refractivity contribution < 1.29 is 9.18 Å². The first-order valence-electron chi connectivity index (χ1n) is 4.05. The van der Waals surface area contributed by atoms with Crippen LogP contribution in [0.25, 0.3) is 0 Å². The van der Waals surface area contributed by atoms with E-state index in [0.717, 1.165) is 5.56 Å². The Bertz CT molecular complexity index is 352. The van der Waals surface area contributed by atoms with Crippen LogP contribution in [-0.4, -0.2) is 13.8 Å². The summed E-state index contributed by atoms with van der Waals surface area (Å²) in [6, 6.07) is 3.05. The molecule has 1 N–H and O–H groups in total. The van der Waals surface area contributed by atoms with Crippen molar-refractivity contribution in [3.63, 3.8) is 0 Å². The highest BCUT2D eigenvalue weighted by Gasteiger charge is 2.04. The minimum Gasteiger partial charge on any atom is -0.326 e. The van der Waals surface area contributed by atoms with Crippen molar-refractivity contribution in [1.29, 1.82) is 0 Å². The summed E-state index contributed by atoms with van der Waals surface area (Å²) in [5.41, 5.74) is 2.00. The molecular weight excluding hydrogens is 168 g/mol. The van der Waals surface area contributed by atoms with E-state index in [2.05, 4.69) is 5.32 Å². The second-order valence-corrected chi connectivity index (χ2v) is 3.10. The maximum atomic E-state index is 13.1. The van der Waals surface area contributed by atoms with Crippen LogP contribution in [0.15, 0.2) is 12.1 Å². The molecule has 0 atom stereocenters. The zero-order chi connectivity index (χ0) is 10.0. The third-order valence-electron chi connectivity index (χ3n) is 1.82. The first-order valence-corrected chi connectivity index (χ1v) is 4.05. The van der Waals surface area contributed by atoms with Crippen LogP contribution in [0, 0.1) is 12.7 Å². The van der Waals surface area contributed by atoms with Gasteiger partial charge >= 0.3 is 0 Å². The number of halogens is 1. The molecule has 0 heterocycles. The number of benzene rings is 1. The van der Waals surface area contributed by atoms with Gasteiger partial charge in [-0.05, 0) is 18.6 Å². The van der Waals surface area contributed by atoms with Crippen LogP contribution >= 0.6 is 0 Å². The van der Waals surface area contributed by atoms with Crippen LogP contribution in [0.2, 0.25) is 0 Å². The Labute approximate surface area is 77.6 Å². The van der Waals surface area contributed by atoms with E-state index in [9.17, 15) is 9.18 Å². The van der Waals surface area contributed by atoms with E-state index in [1.54, 1.807) is 13.9 Å². The van der Waals surface area contributed by atoms with Gasteiger partial charge in [0.05, 0.1) is 0 Å². The Morgan fingerprint density at radius 2 is 2.15 bits per heavy atom. The number of hydrogen-bond acceptors (Lipinski definition) is 1. The third kappa shape index (κ3) is 2.31. The van der Waals surface area contributed by atoms with Gasteiger partial charge in [0.25, 0.3) is 0 Å². The molecule has 13 heavy (non-hydrogen) atoms. The predicted octanol–water partition coefficient (Wildman–Crippen LogP) is 0.351. The van der Waals surface area contributed by atoms with Gasteiger partial charge in [-0.2, -0.15) is 0 Å². The lowest BCUT2D eigenvalue weighted by atomic mass is 9.93. The fraction of sp³-hybridized carbons (Fsp3) is 0.222. The largest absolute Gasteiger partial charge is 0.326 e. The zero-order valence-electron chi connectivity index (χ0n) is 7.94. The Hall–Kier alpha value is -1.32. The first-order chi connectivity index (χ1) is 6.00. The molecule has 0 fully saturated rings. The highest BCUT2D eigenvalue weighted by molar-refractivity contribution is 6.32. The molecule has 1 rings (SSSR count). The van der Waals surface area contributed by atoms with Crippen LogP contribution in [0.1, 0.15) is 12.5 Å². The Balaban J connectivity index is 3.08. The van der Waals surface area contributed by atoms with Gasteiger partial charge in [0.15, 0.2) is 0 Å². The maximum absolute atomic E-state index is 13.1. The van der Waals surface area contributed by atoms with Gasteiger partial charge in [0.1, 0.15) is 13.7 Å². The van der Waals surface area contributed by atoms with Gasteiger partial charge in [0.2, 0.25) is 5.91 Å². The van der Waals surface area contributed by atoms with E-state index in [1.165, 1.54) is 13.0 Å². The normalized spacial score (nSPS) is 9.77. The Morgan fingerprint density at radius 3 is 2.69 bits per heavy atom. The smallest absolute Gasteiger partial charge is 0.221 e. The monoisotopic (exact) mass is 179 g/mol. The van der Waals surface area contributed by atoms with Crippen molar-refractivity contribution in [2.45, 2.75) is 13.8 Å². The lowest BCUT2D eigenvalue weighted by Gasteiger charge is -2.07. The molecule has 0 aliphatic heterocycles. The maximum Gasteiger partial charge on any atom is 0.221 e. The van der Waals surface area contributed by atoms with Crippen molar-refractivity contribution >= 4 is 24.9 Å². The number of anilines is 1. The second kappa shape index (κ2) is 3.60. The van der Waals surface area contributed by atoms with Crippen molar-refractivity contribution in [3.8, 4) is 0 Å². The number of nitrogens with one attached hydrogen (secondary N) is 1. The summed E-state index contributed by atoms with van der Waals surface area (Å²) in [6.07, 6.45) is 0. The zero-order valence-corrected chi connectivity index (χ0v) is 7.94. The van der Waals surface area contributed by atoms with E-state index < -0.39 is 0 Å². The minimum absolute atomic E-state index is 0.189. The fourth-order valence-corrected chi connectivity index (χ4v) is 1.15. The standard InChI is InChI=1S/C9H11BFNO/c1-5-3-7(10)8(11)4-9(5)12-6(2)13/h3-4H,10H2,1-2H3,(H,12,13). The van der Waals surface area contributed by atoms with Crippen LogP contribution < -0.4 is 10.8 Å². The number of carbonyl (C=O) groups excluding carboxylic acids is 1. The van der Waals surface area contributed by atoms with E-state index >= 15 is 0 Å². The summed E-state index contributed by atoms with van der Waals surface area (Å²) >= 11 is 0. The Morgan fingerprint density at radius 1 is 1.54 bits per heavy atom. The summed E-state index contributed by atoms with van der Waals surface area (Å²) in [7, 11) is 1.69. The van der Waals surface area contributed by atoms with Crippen LogP contribution in [0.3, 0.4) is 0 Å². The molecule has 0 radical (unpaired) electrons. The highest BCUT2D eigenvalue weighted by atomic mass is 19.1. The van der Waals surface area contributed by atoms with Crippen molar-refractivity contribution in [2.24, 2.45) is 0 Å². The fourth-order valence-electron chi connectivity index (χ4n) is 1.15. The summed E-state index contributed by atoms with van der Waals surface area (Å²) in [4.78, 5) is 10.7. The van der Waals surface area contributed by atoms with Crippen molar-refractivity contribution in [1.82, 2.24) is 0 Å². The van der Waals surface area contributed by atoms with Crippen LogP contribution in [0.5, 0.6) is 0 Å². The quantitative estimate of drug-likeness (QED) is 0.619. The molecule has 0 spiro atoms. The number of rotatable bonds is 1. The summed E-state index contributed by atoms with van der Waals surface area (Å²) in [6.45, 7) is 3.23. The molecular formula is C9H11BFNO. The molecule has 1 amide bonds. The highest BCUT2D eigenvalue weighted by Crippen LogP contribution is 2.13. The van der Waals surface area contributed by atoms with Crippen LogP contribution in [0.4, 0.5) is 10.1 Å². The number of amides is 1. The lowest BCUT2D eigenvalue weighted by Crippen LogP contribution is -2.13. The summed E-state index contributed by atoms with van der Waals surface area (Å²) in [5, 5.41) is 2.56. The topological polar surface area (TPSA) is 29.1 Å². The summed E-state index contributed by atoms with van der Waals surface area (Å²) in [5.74, 6) is -0.485. The molecule has 0 saturated carbocycles. The van der Waals surface area contributed by atoms with E-state index in [4.69, 9.17) is 0 Å². The molecule has 68 valence electrons. The molecule has 4 heteroatoms. The number of hydrogen-bond donors (Lipinski definition) is 1. The van der Waals surface area contributed by atoms with Crippen molar-refractivity contribution in [2.75, 3.05) is 5.32 Å². The number of aryl methyl sites for hydroxylation is 1. The van der Waals surface area contributed by atoms with Gasteiger partial charge in [-0.3, -0.25) is 4.79 Å². The third-order valence-corrected chi connectivity index (χ3v) is 1.82. The average Bonchev–Trinajstić information content (AvgIpc) is 1.99. The van der Waals surface area contributed by atoms with E-state index in [-0.39, 0.29) is 11.7 Å². The Kier molecular flexibility index (Phi) is 2.71. The molecule has 0 aliphatic carbocycles. The average molecular weight is 179 g/mol. The SMILES string of the molecule is Bc1cc(C)c(NC(C)=O)cc1F. The van der Waals surface area contributed by atoms with E-state index in [1.807, 2.05) is 6.92 Å². The van der Waals surface area contributed by atoms with Crippen molar-refractivity contribution in [3.05, 3.63) is 23.5 Å². The number of carbonyl (C=O) groups is 1. The van der Waals surface area contributed by atoms with Gasteiger partial charge in [-0.25, -0.2) is 4.39 Å². The molecule has 1 aromatic carbocycles. The lowest BCUT2D eigenvalue weighted by molar-refractivity contribution is -0.114.